The molecule has 90 valence electrons. The molecule has 0 bridgehead atoms. The van der Waals surface area contributed by atoms with E-state index in [4.69, 9.17) is 5.84 Å². The molecule has 0 saturated heterocycles. The predicted molar refractivity (Wildman–Crippen MR) is 70.1 cm³/mol. The summed E-state index contributed by atoms with van der Waals surface area (Å²) in [5.74, 6) is 5.21. The van der Waals surface area contributed by atoms with E-state index in [2.05, 4.69) is 26.3 Å². The summed E-state index contributed by atoms with van der Waals surface area (Å²) in [5.41, 5.74) is 3.13. The van der Waals surface area contributed by atoms with Gasteiger partial charge in [-0.1, -0.05) is 12.1 Å². The maximum absolute atomic E-state index is 14.0. The number of nitrogens with zero attached hydrogens (tertiary/aromatic N) is 1. The first-order valence-corrected chi connectivity index (χ1v) is 6.56. The number of halogens is 2. The molecule has 0 spiro atoms. The zero-order valence-electron chi connectivity index (χ0n) is 9.08. The highest BCUT2D eigenvalue weighted by atomic mass is 79.9. The average molecular weight is 316 g/mol. The van der Waals surface area contributed by atoms with Crippen LogP contribution in [0.15, 0.2) is 28.9 Å². The van der Waals surface area contributed by atoms with E-state index in [0.717, 1.165) is 9.88 Å². The second-order valence-electron chi connectivity index (χ2n) is 3.52. The molecule has 0 aliphatic carbocycles. The van der Waals surface area contributed by atoms with Gasteiger partial charge in [0.2, 0.25) is 0 Å². The fourth-order valence-electron chi connectivity index (χ4n) is 1.58. The number of hydrazine groups is 1. The minimum absolute atomic E-state index is 0.304. The van der Waals surface area contributed by atoms with E-state index in [1.165, 1.54) is 11.3 Å². The van der Waals surface area contributed by atoms with Gasteiger partial charge in [0.25, 0.3) is 0 Å². The van der Waals surface area contributed by atoms with Gasteiger partial charge >= 0.3 is 0 Å². The third-order valence-corrected chi connectivity index (χ3v) is 3.97. The molecule has 0 aliphatic rings. The summed E-state index contributed by atoms with van der Waals surface area (Å²) in [6, 6.07) is 4.77. The van der Waals surface area contributed by atoms with E-state index in [1.54, 1.807) is 24.4 Å². The second-order valence-corrected chi connectivity index (χ2v) is 5.65. The van der Waals surface area contributed by atoms with Gasteiger partial charge in [0, 0.05) is 16.6 Å². The molecule has 3 nitrogen and oxygen atoms in total. The van der Waals surface area contributed by atoms with Crippen LogP contribution in [0.1, 0.15) is 21.5 Å². The quantitative estimate of drug-likeness (QED) is 0.676. The average Bonchev–Trinajstić information content (AvgIpc) is 2.72. The summed E-state index contributed by atoms with van der Waals surface area (Å²) >= 11 is 4.66. The number of nitrogens with one attached hydrogen (secondary N) is 1. The molecule has 0 aliphatic heterocycles. The zero-order chi connectivity index (χ0) is 12.4. The van der Waals surface area contributed by atoms with Crippen LogP contribution < -0.4 is 11.3 Å². The van der Waals surface area contributed by atoms with Gasteiger partial charge in [0.1, 0.15) is 5.82 Å². The largest absolute Gasteiger partial charge is 0.271 e. The Labute approximate surface area is 111 Å². The van der Waals surface area contributed by atoms with Gasteiger partial charge in [-0.05, 0) is 28.9 Å². The Morgan fingerprint density at radius 3 is 2.88 bits per heavy atom. The van der Waals surface area contributed by atoms with E-state index in [0.29, 0.717) is 10.0 Å². The lowest BCUT2D eigenvalue weighted by molar-refractivity contribution is 0.559. The van der Waals surface area contributed by atoms with Crippen molar-refractivity contribution in [3.63, 3.8) is 0 Å². The number of benzene rings is 1. The highest BCUT2D eigenvalue weighted by Gasteiger charge is 2.19. The molecule has 1 aromatic carbocycles. The third-order valence-electron chi connectivity index (χ3n) is 2.38. The van der Waals surface area contributed by atoms with E-state index >= 15 is 0 Å². The normalized spacial score (nSPS) is 12.7. The van der Waals surface area contributed by atoms with Crippen molar-refractivity contribution in [1.29, 1.82) is 0 Å². The van der Waals surface area contributed by atoms with Crippen molar-refractivity contribution in [1.82, 2.24) is 10.4 Å². The van der Waals surface area contributed by atoms with E-state index < -0.39 is 0 Å². The lowest BCUT2D eigenvalue weighted by Gasteiger charge is -2.15. The molecule has 1 atom stereocenters. The first kappa shape index (κ1) is 12.6. The molecule has 0 saturated carbocycles. The summed E-state index contributed by atoms with van der Waals surface area (Å²) in [6.45, 7) is 1.90. The van der Waals surface area contributed by atoms with Crippen LogP contribution in [-0.4, -0.2) is 4.98 Å². The number of hydrogen-bond donors (Lipinski definition) is 2. The van der Waals surface area contributed by atoms with Crippen LogP contribution in [0.4, 0.5) is 4.39 Å². The van der Waals surface area contributed by atoms with E-state index in [-0.39, 0.29) is 11.9 Å². The van der Waals surface area contributed by atoms with E-state index in [1.807, 2.05) is 6.92 Å². The molecule has 3 N–H and O–H groups in total. The topological polar surface area (TPSA) is 50.9 Å². The SMILES string of the molecule is Cc1ncc(C(NN)c2cccc(Br)c2F)s1. The van der Waals surface area contributed by atoms with Crippen LogP contribution in [-0.2, 0) is 0 Å². The molecule has 1 unspecified atom stereocenters. The molecule has 17 heavy (non-hydrogen) atoms. The lowest BCUT2D eigenvalue weighted by Crippen LogP contribution is -2.29. The monoisotopic (exact) mass is 315 g/mol. The smallest absolute Gasteiger partial charge is 0.142 e. The molecule has 6 heteroatoms. The van der Waals surface area contributed by atoms with Gasteiger partial charge in [-0.3, -0.25) is 5.84 Å². The number of aromatic nitrogens is 1. The number of rotatable bonds is 3. The van der Waals surface area contributed by atoms with Gasteiger partial charge in [-0.25, -0.2) is 14.8 Å². The maximum Gasteiger partial charge on any atom is 0.142 e. The highest BCUT2D eigenvalue weighted by Crippen LogP contribution is 2.30. The minimum atomic E-state index is -0.376. The van der Waals surface area contributed by atoms with Crippen LogP contribution in [0.3, 0.4) is 0 Å². The maximum atomic E-state index is 14.0. The van der Waals surface area contributed by atoms with Crippen molar-refractivity contribution in [3.8, 4) is 0 Å². The third kappa shape index (κ3) is 2.55. The zero-order valence-corrected chi connectivity index (χ0v) is 11.5. The van der Waals surface area contributed by atoms with Crippen molar-refractivity contribution in [3.05, 3.63) is 50.1 Å². The van der Waals surface area contributed by atoms with Crippen LogP contribution in [0.2, 0.25) is 0 Å². The Morgan fingerprint density at radius 1 is 1.53 bits per heavy atom. The van der Waals surface area contributed by atoms with Crippen LogP contribution in [0, 0.1) is 12.7 Å². The van der Waals surface area contributed by atoms with Gasteiger partial charge in [-0.15, -0.1) is 11.3 Å². The number of thiazole rings is 1. The fraction of sp³-hybridized carbons (Fsp3) is 0.182. The second kappa shape index (κ2) is 5.22. The number of hydrogen-bond acceptors (Lipinski definition) is 4. The number of nitrogens with two attached hydrogens (primary N) is 1. The first-order valence-electron chi connectivity index (χ1n) is 4.96. The standard InChI is InChI=1S/C11H11BrFN3S/c1-6-15-5-9(17-6)11(16-14)7-3-2-4-8(12)10(7)13/h2-5,11,16H,14H2,1H3. The Morgan fingerprint density at radius 2 is 2.29 bits per heavy atom. The lowest BCUT2D eigenvalue weighted by atomic mass is 10.1. The molecule has 1 aromatic heterocycles. The summed E-state index contributed by atoms with van der Waals surface area (Å²) < 4.78 is 14.4. The molecule has 0 amide bonds. The van der Waals surface area contributed by atoms with Gasteiger partial charge in [-0.2, -0.15) is 0 Å². The minimum Gasteiger partial charge on any atom is -0.271 e. The van der Waals surface area contributed by atoms with Gasteiger partial charge < -0.3 is 0 Å². The van der Waals surface area contributed by atoms with Crippen molar-refractivity contribution < 1.29 is 4.39 Å². The van der Waals surface area contributed by atoms with Crippen molar-refractivity contribution >= 4 is 27.3 Å². The molecular formula is C11H11BrFN3S. The fourth-order valence-corrected chi connectivity index (χ4v) is 2.83. The Hall–Kier alpha value is -0.820. The molecule has 2 rings (SSSR count). The van der Waals surface area contributed by atoms with Crippen molar-refractivity contribution in [2.24, 2.45) is 5.84 Å². The Bertz CT molecular complexity index is 529. The van der Waals surface area contributed by atoms with E-state index in [9.17, 15) is 4.39 Å². The molecular weight excluding hydrogens is 305 g/mol. The highest BCUT2D eigenvalue weighted by molar-refractivity contribution is 9.10. The van der Waals surface area contributed by atoms with Crippen molar-refractivity contribution in [2.75, 3.05) is 0 Å². The number of aryl methyl sites for hydroxylation is 1. The Kier molecular flexibility index (Phi) is 3.88. The predicted octanol–water partition coefficient (Wildman–Crippen LogP) is 2.91. The van der Waals surface area contributed by atoms with Gasteiger partial charge in [0.05, 0.1) is 15.5 Å². The first-order chi connectivity index (χ1) is 8.13. The van der Waals surface area contributed by atoms with Crippen LogP contribution in [0.25, 0.3) is 0 Å². The molecule has 0 radical (unpaired) electrons. The molecule has 1 heterocycles. The van der Waals surface area contributed by atoms with Crippen molar-refractivity contribution in [2.45, 2.75) is 13.0 Å². The van der Waals surface area contributed by atoms with Gasteiger partial charge in [0.15, 0.2) is 0 Å². The summed E-state index contributed by atoms with van der Waals surface area (Å²) in [6.07, 6.45) is 1.71. The Balaban J connectivity index is 2.45. The summed E-state index contributed by atoms with van der Waals surface area (Å²) in [7, 11) is 0. The van der Waals surface area contributed by atoms with Crippen LogP contribution in [0.5, 0.6) is 0 Å². The van der Waals surface area contributed by atoms with Crippen LogP contribution >= 0.6 is 27.3 Å². The molecule has 0 fully saturated rings. The summed E-state index contributed by atoms with van der Waals surface area (Å²) in [5, 5.41) is 0.927. The summed E-state index contributed by atoms with van der Waals surface area (Å²) in [4.78, 5) is 5.04. The molecule has 2 aromatic rings.